The fraction of sp³-hybridized carbons (Fsp3) is 0.211. The number of anilines is 1. The molecule has 0 bridgehead atoms. The monoisotopic (exact) mass is 414 g/mol. The van der Waals surface area contributed by atoms with Gasteiger partial charge in [-0.15, -0.1) is 0 Å². The third-order valence-electron chi connectivity index (χ3n) is 3.99. The predicted octanol–water partition coefficient (Wildman–Crippen LogP) is 3.56. The number of aromatic nitrogens is 2. The van der Waals surface area contributed by atoms with Crippen molar-refractivity contribution in [1.29, 1.82) is 0 Å². The average Bonchev–Trinajstić information content (AvgIpc) is 2.60. The molecule has 0 aliphatic rings. The predicted molar refractivity (Wildman–Crippen MR) is 105 cm³/mol. The van der Waals surface area contributed by atoms with Gasteiger partial charge in [0.15, 0.2) is 0 Å². The van der Waals surface area contributed by atoms with E-state index in [1.807, 2.05) is 36.4 Å². The topological polar surface area (TPSA) is 81.3 Å². The maximum atomic E-state index is 12.5. The second-order valence-corrected chi connectivity index (χ2v) is 6.87. The number of nitrogens with zero attached hydrogens (tertiary/aromatic N) is 3. The molecule has 0 saturated heterocycles. The van der Waals surface area contributed by atoms with Gasteiger partial charge in [-0.25, -0.2) is 9.97 Å². The highest BCUT2D eigenvalue weighted by molar-refractivity contribution is 9.10. The standard InChI is InChI=1S/C19H19BrN4O2/c1-11-16(18(25)24(2)3)14(23-19(21)22-11)10-26-15-9-8-12-6-4-5-7-13(12)17(15)20/h4-9H,10H2,1-3H3,(H2,21,22,23). The number of nitrogens with two attached hydrogens (primary N) is 1. The molecule has 26 heavy (non-hydrogen) atoms. The van der Waals surface area contributed by atoms with E-state index in [1.165, 1.54) is 4.90 Å². The van der Waals surface area contributed by atoms with E-state index in [0.29, 0.717) is 22.7 Å². The van der Waals surface area contributed by atoms with Crippen molar-refractivity contribution in [2.45, 2.75) is 13.5 Å². The first-order valence-electron chi connectivity index (χ1n) is 8.03. The van der Waals surface area contributed by atoms with Crippen LogP contribution in [0, 0.1) is 6.92 Å². The van der Waals surface area contributed by atoms with Crippen LogP contribution < -0.4 is 10.5 Å². The number of carbonyl (C=O) groups excluding carboxylic acids is 1. The number of nitrogen functional groups attached to an aromatic ring is 1. The van der Waals surface area contributed by atoms with E-state index in [1.54, 1.807) is 21.0 Å². The van der Waals surface area contributed by atoms with Crippen molar-refractivity contribution in [1.82, 2.24) is 14.9 Å². The number of hydrogen-bond acceptors (Lipinski definition) is 5. The maximum Gasteiger partial charge on any atom is 0.257 e. The van der Waals surface area contributed by atoms with E-state index in [2.05, 4.69) is 25.9 Å². The minimum absolute atomic E-state index is 0.111. The number of hydrogen-bond donors (Lipinski definition) is 1. The largest absolute Gasteiger partial charge is 0.486 e. The Morgan fingerprint density at radius 3 is 2.65 bits per heavy atom. The molecule has 2 N–H and O–H groups in total. The molecular formula is C19H19BrN4O2. The molecule has 0 atom stereocenters. The van der Waals surface area contributed by atoms with Gasteiger partial charge in [0.1, 0.15) is 12.4 Å². The normalized spacial score (nSPS) is 10.8. The van der Waals surface area contributed by atoms with Gasteiger partial charge >= 0.3 is 0 Å². The zero-order valence-electron chi connectivity index (χ0n) is 14.8. The fourth-order valence-corrected chi connectivity index (χ4v) is 3.34. The van der Waals surface area contributed by atoms with Crippen molar-refractivity contribution in [2.24, 2.45) is 0 Å². The summed E-state index contributed by atoms with van der Waals surface area (Å²) in [6, 6.07) is 11.9. The van der Waals surface area contributed by atoms with Gasteiger partial charge in [-0.2, -0.15) is 0 Å². The van der Waals surface area contributed by atoms with Crippen molar-refractivity contribution < 1.29 is 9.53 Å². The van der Waals surface area contributed by atoms with Gasteiger partial charge < -0.3 is 15.4 Å². The van der Waals surface area contributed by atoms with Gasteiger partial charge in [-0.1, -0.05) is 30.3 Å². The highest BCUT2D eigenvalue weighted by Crippen LogP contribution is 2.33. The van der Waals surface area contributed by atoms with Crippen molar-refractivity contribution >= 4 is 38.6 Å². The molecule has 3 aromatic rings. The maximum absolute atomic E-state index is 12.5. The van der Waals surface area contributed by atoms with Crippen LogP contribution in [0.1, 0.15) is 21.7 Å². The Morgan fingerprint density at radius 2 is 1.92 bits per heavy atom. The molecule has 0 spiro atoms. The Labute approximate surface area is 160 Å². The molecule has 0 saturated carbocycles. The summed E-state index contributed by atoms with van der Waals surface area (Å²) in [4.78, 5) is 22.3. The summed E-state index contributed by atoms with van der Waals surface area (Å²) in [6.07, 6.45) is 0. The highest BCUT2D eigenvalue weighted by Gasteiger charge is 2.20. The number of rotatable bonds is 4. The lowest BCUT2D eigenvalue weighted by atomic mass is 10.1. The fourth-order valence-electron chi connectivity index (χ4n) is 2.73. The Bertz CT molecular complexity index is 989. The lowest BCUT2D eigenvalue weighted by molar-refractivity contribution is 0.0823. The van der Waals surface area contributed by atoms with Gasteiger partial charge in [0.25, 0.3) is 5.91 Å². The third-order valence-corrected chi connectivity index (χ3v) is 4.81. The molecule has 2 aromatic carbocycles. The summed E-state index contributed by atoms with van der Waals surface area (Å²) in [6.45, 7) is 1.85. The molecule has 3 rings (SSSR count). The number of ether oxygens (including phenoxy) is 1. The summed E-state index contributed by atoms with van der Waals surface area (Å²) >= 11 is 3.60. The van der Waals surface area contributed by atoms with E-state index in [-0.39, 0.29) is 18.5 Å². The minimum atomic E-state index is -0.182. The van der Waals surface area contributed by atoms with Gasteiger partial charge in [0, 0.05) is 14.1 Å². The van der Waals surface area contributed by atoms with E-state index in [4.69, 9.17) is 10.5 Å². The first kappa shape index (κ1) is 18.1. The Hall–Kier alpha value is -2.67. The average molecular weight is 415 g/mol. The van der Waals surface area contributed by atoms with Crippen molar-refractivity contribution in [3.63, 3.8) is 0 Å². The van der Waals surface area contributed by atoms with Gasteiger partial charge in [-0.05, 0) is 39.7 Å². The number of halogens is 1. The summed E-state index contributed by atoms with van der Waals surface area (Å²) in [5, 5.41) is 2.16. The first-order chi connectivity index (χ1) is 12.4. The summed E-state index contributed by atoms with van der Waals surface area (Å²) < 4.78 is 6.80. The van der Waals surface area contributed by atoms with E-state index < -0.39 is 0 Å². The lowest BCUT2D eigenvalue weighted by Crippen LogP contribution is -2.26. The lowest BCUT2D eigenvalue weighted by Gasteiger charge is -2.16. The number of aryl methyl sites for hydroxylation is 1. The van der Waals surface area contributed by atoms with Crippen LogP contribution in [0.4, 0.5) is 5.95 Å². The van der Waals surface area contributed by atoms with Crippen LogP contribution in [-0.4, -0.2) is 34.9 Å². The molecule has 7 heteroatoms. The van der Waals surface area contributed by atoms with Crippen molar-refractivity contribution in [3.8, 4) is 5.75 Å². The molecule has 1 heterocycles. The molecule has 6 nitrogen and oxygen atoms in total. The van der Waals surface area contributed by atoms with E-state index >= 15 is 0 Å². The first-order valence-corrected chi connectivity index (χ1v) is 8.82. The van der Waals surface area contributed by atoms with Crippen LogP contribution in [0.15, 0.2) is 40.9 Å². The molecule has 1 amide bonds. The van der Waals surface area contributed by atoms with Crippen LogP contribution in [0.25, 0.3) is 10.8 Å². The number of carbonyl (C=O) groups is 1. The van der Waals surface area contributed by atoms with Crippen LogP contribution in [0.2, 0.25) is 0 Å². The second-order valence-electron chi connectivity index (χ2n) is 6.08. The van der Waals surface area contributed by atoms with Crippen molar-refractivity contribution in [2.75, 3.05) is 19.8 Å². The molecule has 0 unspecified atom stereocenters. The summed E-state index contributed by atoms with van der Waals surface area (Å²) in [5.41, 5.74) is 7.18. The Kier molecular flexibility index (Phi) is 5.08. The second kappa shape index (κ2) is 7.29. The quantitative estimate of drug-likeness (QED) is 0.705. The molecule has 0 fully saturated rings. The van der Waals surface area contributed by atoms with Gasteiger partial charge in [0.05, 0.1) is 21.4 Å². The minimum Gasteiger partial charge on any atom is -0.486 e. The van der Waals surface area contributed by atoms with Gasteiger partial charge in [-0.3, -0.25) is 4.79 Å². The van der Waals surface area contributed by atoms with Crippen LogP contribution in [-0.2, 0) is 6.61 Å². The Balaban J connectivity index is 1.95. The molecule has 0 radical (unpaired) electrons. The number of fused-ring (bicyclic) bond motifs is 1. The molecule has 134 valence electrons. The molecule has 1 aromatic heterocycles. The van der Waals surface area contributed by atoms with Crippen molar-refractivity contribution in [3.05, 3.63) is 57.8 Å². The van der Waals surface area contributed by atoms with Gasteiger partial charge in [0.2, 0.25) is 5.95 Å². The molecular weight excluding hydrogens is 396 g/mol. The zero-order chi connectivity index (χ0) is 18.8. The van der Waals surface area contributed by atoms with Crippen LogP contribution in [0.5, 0.6) is 5.75 Å². The summed E-state index contributed by atoms with van der Waals surface area (Å²) in [5.74, 6) is 0.606. The zero-order valence-corrected chi connectivity index (χ0v) is 16.4. The Morgan fingerprint density at radius 1 is 1.19 bits per heavy atom. The van der Waals surface area contributed by atoms with E-state index in [9.17, 15) is 4.79 Å². The SMILES string of the molecule is Cc1nc(N)nc(COc2ccc3ccccc3c2Br)c1C(=O)N(C)C. The van der Waals surface area contributed by atoms with Crippen LogP contribution >= 0.6 is 15.9 Å². The number of benzene rings is 2. The third kappa shape index (κ3) is 3.48. The smallest absolute Gasteiger partial charge is 0.257 e. The molecule has 0 aliphatic heterocycles. The summed E-state index contributed by atoms with van der Waals surface area (Å²) in [7, 11) is 3.37. The molecule has 0 aliphatic carbocycles. The van der Waals surface area contributed by atoms with E-state index in [0.717, 1.165) is 15.2 Å². The van der Waals surface area contributed by atoms with Crippen LogP contribution in [0.3, 0.4) is 0 Å². The number of amides is 1. The highest BCUT2D eigenvalue weighted by atomic mass is 79.9.